The number of urea groups is 1. The fourth-order valence-corrected chi connectivity index (χ4v) is 3.16. The Balaban J connectivity index is 2.02. The van der Waals surface area contributed by atoms with Gasteiger partial charge < -0.3 is 15.2 Å². The fraction of sp³-hybridized carbons (Fsp3) is 0.579. The molecule has 2 rings (SSSR count). The zero-order valence-corrected chi connectivity index (χ0v) is 15.7. The van der Waals surface area contributed by atoms with Gasteiger partial charge in [-0.25, -0.2) is 4.79 Å². The van der Waals surface area contributed by atoms with Gasteiger partial charge >= 0.3 is 6.03 Å². The Labute approximate surface area is 149 Å². The second-order valence-corrected chi connectivity index (χ2v) is 6.75. The molecule has 1 aliphatic rings. The zero-order chi connectivity index (χ0) is 18.8. The molecule has 1 atom stereocenters. The van der Waals surface area contributed by atoms with Crippen molar-refractivity contribution in [2.75, 3.05) is 13.2 Å². The highest BCUT2D eigenvalue weighted by molar-refractivity contribution is 6.07. The van der Waals surface area contributed by atoms with E-state index in [1.807, 2.05) is 46.8 Å². The second-order valence-electron chi connectivity index (χ2n) is 6.75. The van der Waals surface area contributed by atoms with Crippen LogP contribution in [-0.2, 0) is 4.79 Å². The molecule has 2 N–H and O–H groups in total. The maximum atomic E-state index is 12.6. The topological polar surface area (TPSA) is 78.9 Å². The first-order valence-corrected chi connectivity index (χ1v) is 8.77. The van der Waals surface area contributed by atoms with Crippen LogP contribution in [0.3, 0.4) is 0 Å². The minimum absolute atomic E-state index is 0.0213. The Morgan fingerprint density at radius 1 is 1.16 bits per heavy atom. The molecule has 0 saturated carbocycles. The predicted octanol–water partition coefficient (Wildman–Crippen LogP) is 2.46. The molecule has 1 aromatic rings. The van der Waals surface area contributed by atoms with E-state index >= 15 is 0 Å². The number of nitrogens with one attached hydrogen (secondary N) is 1. The lowest BCUT2D eigenvalue weighted by Gasteiger charge is -2.24. The van der Waals surface area contributed by atoms with Crippen LogP contribution in [0.25, 0.3) is 0 Å². The molecule has 0 radical (unpaired) electrons. The maximum absolute atomic E-state index is 12.6. The van der Waals surface area contributed by atoms with Crippen molar-refractivity contribution >= 4 is 11.9 Å². The van der Waals surface area contributed by atoms with Crippen molar-refractivity contribution in [1.29, 1.82) is 0 Å². The molecule has 1 heterocycles. The van der Waals surface area contributed by atoms with Gasteiger partial charge in [0.05, 0.1) is 6.54 Å². The number of hydrogen-bond donors (Lipinski definition) is 2. The van der Waals surface area contributed by atoms with Gasteiger partial charge in [0.15, 0.2) is 0 Å². The summed E-state index contributed by atoms with van der Waals surface area (Å²) in [5.74, 6) is 0.470. The number of amides is 3. The number of imide groups is 1. The molecule has 1 unspecified atom stereocenters. The van der Waals surface area contributed by atoms with Crippen molar-refractivity contribution in [2.24, 2.45) is 0 Å². The van der Waals surface area contributed by atoms with Gasteiger partial charge in [0, 0.05) is 0 Å². The molecule has 0 aromatic heterocycles. The Hall–Kier alpha value is -2.08. The fourth-order valence-electron chi connectivity index (χ4n) is 3.16. The van der Waals surface area contributed by atoms with Crippen LogP contribution in [0.15, 0.2) is 12.1 Å². The number of nitrogens with zero attached hydrogens (tertiary/aromatic N) is 1. The van der Waals surface area contributed by atoms with Crippen LogP contribution in [-0.4, -0.2) is 46.7 Å². The monoisotopic (exact) mass is 348 g/mol. The summed E-state index contributed by atoms with van der Waals surface area (Å²) in [4.78, 5) is 25.8. The van der Waals surface area contributed by atoms with Gasteiger partial charge in [-0.15, -0.1) is 0 Å². The molecule has 0 bridgehead atoms. The third-order valence-electron chi connectivity index (χ3n) is 5.14. The van der Waals surface area contributed by atoms with Gasteiger partial charge in [0.25, 0.3) is 5.91 Å². The Kier molecular flexibility index (Phi) is 5.72. The summed E-state index contributed by atoms with van der Waals surface area (Å²) in [5, 5.41) is 13.0. The largest absolute Gasteiger partial charge is 0.490 e. The van der Waals surface area contributed by atoms with Crippen molar-refractivity contribution in [3.63, 3.8) is 0 Å². The van der Waals surface area contributed by atoms with Gasteiger partial charge in [-0.05, 0) is 50.3 Å². The molecule has 0 aliphatic carbocycles. The Morgan fingerprint density at radius 2 is 1.76 bits per heavy atom. The molecule has 138 valence electrons. The van der Waals surface area contributed by atoms with E-state index < -0.39 is 17.7 Å². The minimum Gasteiger partial charge on any atom is -0.490 e. The smallest absolute Gasteiger partial charge is 0.325 e. The first-order chi connectivity index (χ1) is 11.8. The van der Waals surface area contributed by atoms with Crippen molar-refractivity contribution in [1.82, 2.24) is 10.2 Å². The Bertz CT molecular complexity index is 668. The van der Waals surface area contributed by atoms with E-state index in [4.69, 9.17) is 4.74 Å². The third kappa shape index (κ3) is 3.63. The summed E-state index contributed by atoms with van der Waals surface area (Å²) >= 11 is 0. The zero-order valence-electron chi connectivity index (χ0n) is 15.7. The van der Waals surface area contributed by atoms with Crippen molar-refractivity contribution < 1.29 is 19.4 Å². The van der Waals surface area contributed by atoms with Crippen molar-refractivity contribution in [2.45, 2.75) is 59.1 Å². The lowest BCUT2D eigenvalue weighted by atomic mass is 9.93. The molecule has 1 fully saturated rings. The van der Waals surface area contributed by atoms with E-state index in [-0.39, 0.29) is 19.1 Å². The SMILES string of the molecule is CCC1(CC)NC(=O)N(CC(O)COc2c(C)ccc(C)c2C)C1=O. The normalized spacial score (nSPS) is 17.6. The van der Waals surface area contributed by atoms with Gasteiger partial charge in [-0.3, -0.25) is 9.69 Å². The molecule has 1 saturated heterocycles. The number of benzene rings is 1. The molecule has 6 nitrogen and oxygen atoms in total. The summed E-state index contributed by atoms with van der Waals surface area (Å²) in [7, 11) is 0. The van der Waals surface area contributed by atoms with E-state index in [0.29, 0.717) is 12.8 Å². The highest BCUT2D eigenvalue weighted by Crippen LogP contribution is 2.27. The van der Waals surface area contributed by atoms with E-state index in [1.54, 1.807) is 0 Å². The highest BCUT2D eigenvalue weighted by atomic mass is 16.5. The molecule has 6 heteroatoms. The average molecular weight is 348 g/mol. The van der Waals surface area contributed by atoms with Crippen LogP contribution in [0.4, 0.5) is 4.79 Å². The summed E-state index contributed by atoms with van der Waals surface area (Å²) in [6.45, 7) is 9.60. The first-order valence-electron chi connectivity index (χ1n) is 8.77. The number of aryl methyl sites for hydroxylation is 2. The van der Waals surface area contributed by atoms with Crippen LogP contribution < -0.4 is 10.1 Å². The molecule has 25 heavy (non-hydrogen) atoms. The predicted molar refractivity (Wildman–Crippen MR) is 95.7 cm³/mol. The van der Waals surface area contributed by atoms with Crippen LogP contribution in [0, 0.1) is 20.8 Å². The molecule has 1 aliphatic heterocycles. The molecular formula is C19H28N2O4. The number of aliphatic hydroxyl groups is 1. The first kappa shape index (κ1) is 19.2. The minimum atomic E-state index is -0.946. The van der Waals surface area contributed by atoms with Crippen LogP contribution in [0.1, 0.15) is 43.4 Å². The number of carbonyl (C=O) groups is 2. The van der Waals surface area contributed by atoms with Crippen LogP contribution in [0.2, 0.25) is 0 Å². The maximum Gasteiger partial charge on any atom is 0.325 e. The number of ether oxygens (including phenoxy) is 1. The van der Waals surface area contributed by atoms with Crippen molar-refractivity contribution in [3.8, 4) is 5.75 Å². The van der Waals surface area contributed by atoms with E-state index in [0.717, 1.165) is 27.3 Å². The lowest BCUT2D eigenvalue weighted by molar-refractivity contribution is -0.132. The van der Waals surface area contributed by atoms with Gasteiger partial charge in [0.1, 0.15) is 24.0 Å². The molecule has 0 spiro atoms. The van der Waals surface area contributed by atoms with E-state index in [1.165, 1.54) is 0 Å². The quantitative estimate of drug-likeness (QED) is 0.742. The Morgan fingerprint density at radius 3 is 2.32 bits per heavy atom. The number of aliphatic hydroxyl groups excluding tert-OH is 1. The summed E-state index contributed by atoms with van der Waals surface area (Å²) in [6.07, 6.45) is 0.107. The van der Waals surface area contributed by atoms with Gasteiger partial charge in [-0.2, -0.15) is 0 Å². The average Bonchev–Trinajstić information content (AvgIpc) is 2.83. The molecule has 1 aromatic carbocycles. The molecule has 3 amide bonds. The number of rotatable bonds is 7. The summed E-state index contributed by atoms with van der Waals surface area (Å²) in [6, 6.07) is 3.55. The van der Waals surface area contributed by atoms with Crippen LogP contribution >= 0.6 is 0 Å². The molecular weight excluding hydrogens is 320 g/mol. The van der Waals surface area contributed by atoms with Crippen LogP contribution in [0.5, 0.6) is 5.75 Å². The van der Waals surface area contributed by atoms with Gasteiger partial charge in [-0.1, -0.05) is 26.0 Å². The number of β-amino-alcohol motifs (C(OH)–C–C–N with tert-alkyl or cyclic N) is 1. The summed E-state index contributed by atoms with van der Waals surface area (Å²) in [5.41, 5.74) is 2.28. The van der Waals surface area contributed by atoms with E-state index in [9.17, 15) is 14.7 Å². The number of hydrogen-bond acceptors (Lipinski definition) is 4. The van der Waals surface area contributed by atoms with E-state index in [2.05, 4.69) is 5.32 Å². The third-order valence-corrected chi connectivity index (χ3v) is 5.14. The second kappa shape index (κ2) is 7.44. The standard InChI is InChI=1S/C19H28N2O4/c1-6-19(7-2)17(23)21(18(24)20-19)10-15(22)11-25-16-13(4)9-8-12(3)14(16)5/h8-9,15,22H,6-7,10-11H2,1-5H3,(H,20,24). The summed E-state index contributed by atoms with van der Waals surface area (Å²) < 4.78 is 5.78. The van der Waals surface area contributed by atoms with Gasteiger partial charge in [0.2, 0.25) is 0 Å². The van der Waals surface area contributed by atoms with Crippen molar-refractivity contribution in [3.05, 3.63) is 28.8 Å². The highest BCUT2D eigenvalue weighted by Gasteiger charge is 2.48. The lowest BCUT2D eigenvalue weighted by Crippen LogP contribution is -2.46. The number of carbonyl (C=O) groups excluding carboxylic acids is 2.